The van der Waals surface area contributed by atoms with E-state index in [9.17, 15) is 0 Å². The van der Waals surface area contributed by atoms with Crippen molar-refractivity contribution in [3.63, 3.8) is 0 Å². The molecule has 74 valence electrons. The molecule has 0 aliphatic heterocycles. The molecule has 0 aliphatic rings. The summed E-state index contributed by atoms with van der Waals surface area (Å²) in [6.07, 6.45) is 4.48. The van der Waals surface area contributed by atoms with Gasteiger partial charge in [0.25, 0.3) is 0 Å². The van der Waals surface area contributed by atoms with Crippen LogP contribution in [0.5, 0.6) is 0 Å². The summed E-state index contributed by atoms with van der Waals surface area (Å²) in [7, 11) is 0. The van der Waals surface area contributed by atoms with Crippen molar-refractivity contribution in [3.8, 4) is 0 Å². The first-order chi connectivity index (χ1) is 6.66. The number of hydrogen-bond donors (Lipinski definition) is 1. The summed E-state index contributed by atoms with van der Waals surface area (Å²) < 4.78 is 1.86. The minimum absolute atomic E-state index is 0.162. The topological polar surface area (TPSA) is 43.3 Å². The van der Waals surface area contributed by atoms with Crippen LogP contribution in [0.2, 0.25) is 5.15 Å². The molecule has 1 unspecified atom stereocenters. The molecule has 0 spiro atoms. The second-order valence-corrected chi connectivity index (χ2v) is 3.92. The average Bonchev–Trinajstić information content (AvgIpc) is 2.47. The van der Waals surface area contributed by atoms with E-state index in [0.717, 1.165) is 12.1 Å². The first kappa shape index (κ1) is 9.49. The van der Waals surface area contributed by atoms with Gasteiger partial charge in [0, 0.05) is 12.2 Å². The van der Waals surface area contributed by atoms with Crippen molar-refractivity contribution in [1.82, 2.24) is 9.38 Å². The number of nitrogens with zero attached hydrogens (tertiary/aromatic N) is 2. The van der Waals surface area contributed by atoms with Crippen molar-refractivity contribution in [3.05, 3.63) is 35.2 Å². The highest BCUT2D eigenvalue weighted by atomic mass is 35.5. The third-order valence-electron chi connectivity index (χ3n) is 2.08. The summed E-state index contributed by atoms with van der Waals surface area (Å²) in [4.78, 5) is 4.14. The summed E-state index contributed by atoms with van der Waals surface area (Å²) >= 11 is 5.95. The van der Waals surface area contributed by atoms with Gasteiger partial charge in [0.2, 0.25) is 0 Å². The van der Waals surface area contributed by atoms with Crippen molar-refractivity contribution in [2.75, 3.05) is 0 Å². The van der Waals surface area contributed by atoms with Gasteiger partial charge in [-0.25, -0.2) is 4.98 Å². The molecule has 4 heteroatoms. The lowest BCUT2D eigenvalue weighted by molar-refractivity contribution is 0.734. The van der Waals surface area contributed by atoms with E-state index in [0.29, 0.717) is 5.15 Å². The molecule has 0 aromatic carbocycles. The number of halogens is 1. The average molecular weight is 210 g/mol. The minimum atomic E-state index is 0.162. The summed E-state index contributed by atoms with van der Waals surface area (Å²) in [5.41, 5.74) is 7.76. The van der Waals surface area contributed by atoms with E-state index in [2.05, 4.69) is 4.98 Å². The molecule has 0 aliphatic carbocycles. The molecule has 0 radical (unpaired) electrons. The Morgan fingerprint density at radius 1 is 1.57 bits per heavy atom. The first-order valence-electron chi connectivity index (χ1n) is 4.54. The molecule has 14 heavy (non-hydrogen) atoms. The number of pyridine rings is 1. The van der Waals surface area contributed by atoms with E-state index >= 15 is 0 Å². The Hall–Kier alpha value is -1.06. The zero-order valence-electron chi connectivity index (χ0n) is 7.94. The number of rotatable bonds is 2. The first-order valence-corrected chi connectivity index (χ1v) is 4.91. The molecule has 3 nitrogen and oxygen atoms in total. The molecule has 2 aromatic rings. The fourth-order valence-corrected chi connectivity index (χ4v) is 1.67. The van der Waals surface area contributed by atoms with Crippen LogP contribution in [0, 0.1) is 0 Å². The van der Waals surface area contributed by atoms with Crippen LogP contribution in [0.3, 0.4) is 0 Å². The lowest BCUT2D eigenvalue weighted by Crippen LogP contribution is -2.17. The van der Waals surface area contributed by atoms with Crippen molar-refractivity contribution in [2.24, 2.45) is 5.73 Å². The highest BCUT2D eigenvalue weighted by molar-refractivity contribution is 6.29. The van der Waals surface area contributed by atoms with Gasteiger partial charge in [-0.2, -0.15) is 0 Å². The van der Waals surface area contributed by atoms with E-state index in [4.69, 9.17) is 17.3 Å². The SMILES string of the molecule is CC(N)Cc1ccc2ncc(Cl)n2c1. The summed E-state index contributed by atoms with van der Waals surface area (Å²) in [6.45, 7) is 1.99. The fraction of sp³-hybridized carbons (Fsp3) is 0.300. The maximum Gasteiger partial charge on any atom is 0.137 e. The number of imidazole rings is 1. The monoisotopic (exact) mass is 209 g/mol. The van der Waals surface area contributed by atoms with Crippen LogP contribution in [0.15, 0.2) is 24.5 Å². The standard InChI is InChI=1S/C10H12ClN3/c1-7(12)4-8-2-3-10-13-5-9(11)14(10)6-8/h2-3,5-7H,4,12H2,1H3. The number of aromatic nitrogens is 2. The van der Waals surface area contributed by atoms with Crippen molar-refractivity contribution in [1.29, 1.82) is 0 Å². The van der Waals surface area contributed by atoms with Gasteiger partial charge in [0.1, 0.15) is 10.8 Å². The van der Waals surface area contributed by atoms with Crippen molar-refractivity contribution >= 4 is 17.2 Å². The quantitative estimate of drug-likeness (QED) is 0.821. The molecule has 1 atom stereocenters. The Bertz CT molecular complexity index is 448. The van der Waals surface area contributed by atoms with Crippen LogP contribution >= 0.6 is 11.6 Å². The molecule has 0 saturated heterocycles. The molecular weight excluding hydrogens is 198 g/mol. The molecule has 0 bridgehead atoms. The Morgan fingerprint density at radius 3 is 3.07 bits per heavy atom. The van der Waals surface area contributed by atoms with Gasteiger partial charge in [-0.1, -0.05) is 17.7 Å². The maximum absolute atomic E-state index is 5.95. The molecule has 2 rings (SSSR count). The van der Waals surface area contributed by atoms with Gasteiger partial charge < -0.3 is 5.73 Å². The Balaban J connectivity index is 2.44. The molecule has 0 saturated carbocycles. The molecular formula is C10H12ClN3. The van der Waals surface area contributed by atoms with Gasteiger partial charge in [-0.15, -0.1) is 0 Å². The Labute approximate surface area is 87.5 Å². The van der Waals surface area contributed by atoms with E-state index < -0.39 is 0 Å². The van der Waals surface area contributed by atoms with E-state index in [-0.39, 0.29) is 6.04 Å². The van der Waals surface area contributed by atoms with Crippen molar-refractivity contribution < 1.29 is 0 Å². The van der Waals surface area contributed by atoms with Gasteiger partial charge >= 0.3 is 0 Å². The predicted molar refractivity (Wildman–Crippen MR) is 57.6 cm³/mol. The largest absolute Gasteiger partial charge is 0.328 e. The molecule has 2 N–H and O–H groups in total. The lowest BCUT2D eigenvalue weighted by atomic mass is 10.1. The van der Waals surface area contributed by atoms with Crippen LogP contribution in [0.4, 0.5) is 0 Å². The molecule has 2 aromatic heterocycles. The smallest absolute Gasteiger partial charge is 0.137 e. The number of hydrogen-bond acceptors (Lipinski definition) is 2. The fourth-order valence-electron chi connectivity index (χ4n) is 1.49. The third-order valence-corrected chi connectivity index (χ3v) is 2.36. The lowest BCUT2D eigenvalue weighted by Gasteiger charge is -2.05. The summed E-state index contributed by atoms with van der Waals surface area (Å²) in [6, 6.07) is 4.14. The van der Waals surface area contributed by atoms with Crippen LogP contribution in [-0.2, 0) is 6.42 Å². The zero-order chi connectivity index (χ0) is 10.1. The van der Waals surface area contributed by atoms with Gasteiger partial charge in [-0.3, -0.25) is 4.40 Å². The highest BCUT2D eigenvalue weighted by Crippen LogP contribution is 2.13. The van der Waals surface area contributed by atoms with Gasteiger partial charge in [0.15, 0.2) is 0 Å². The van der Waals surface area contributed by atoms with E-state index in [1.54, 1.807) is 6.20 Å². The van der Waals surface area contributed by atoms with E-state index in [1.807, 2.05) is 29.7 Å². The third kappa shape index (κ3) is 1.74. The van der Waals surface area contributed by atoms with Gasteiger partial charge in [0.05, 0.1) is 6.20 Å². The number of nitrogens with two attached hydrogens (primary N) is 1. The van der Waals surface area contributed by atoms with Crippen LogP contribution in [0.25, 0.3) is 5.65 Å². The van der Waals surface area contributed by atoms with Crippen LogP contribution in [-0.4, -0.2) is 15.4 Å². The summed E-state index contributed by atoms with van der Waals surface area (Å²) in [5.74, 6) is 0. The summed E-state index contributed by atoms with van der Waals surface area (Å²) in [5, 5.41) is 0.631. The maximum atomic E-state index is 5.95. The molecule has 0 fully saturated rings. The number of fused-ring (bicyclic) bond motifs is 1. The second-order valence-electron chi connectivity index (χ2n) is 3.53. The second kappa shape index (κ2) is 3.59. The predicted octanol–water partition coefficient (Wildman–Crippen LogP) is 1.88. The Kier molecular flexibility index (Phi) is 2.44. The normalized spacial score (nSPS) is 13.4. The van der Waals surface area contributed by atoms with Crippen LogP contribution < -0.4 is 5.73 Å². The Morgan fingerprint density at radius 2 is 2.36 bits per heavy atom. The minimum Gasteiger partial charge on any atom is -0.328 e. The zero-order valence-corrected chi connectivity index (χ0v) is 8.70. The van der Waals surface area contributed by atoms with Crippen LogP contribution in [0.1, 0.15) is 12.5 Å². The van der Waals surface area contributed by atoms with E-state index in [1.165, 1.54) is 5.56 Å². The van der Waals surface area contributed by atoms with Gasteiger partial charge in [-0.05, 0) is 25.0 Å². The molecule has 2 heterocycles. The van der Waals surface area contributed by atoms with Crippen molar-refractivity contribution in [2.45, 2.75) is 19.4 Å². The molecule has 0 amide bonds. The highest BCUT2D eigenvalue weighted by Gasteiger charge is 2.02.